The van der Waals surface area contributed by atoms with Crippen molar-refractivity contribution in [1.29, 1.82) is 0 Å². The number of hydrogen-bond donors (Lipinski definition) is 2. The maximum absolute atomic E-state index is 12.2. The van der Waals surface area contributed by atoms with Gasteiger partial charge in [0.2, 0.25) is 5.91 Å². The van der Waals surface area contributed by atoms with Crippen molar-refractivity contribution in [3.63, 3.8) is 0 Å². The molecule has 0 spiro atoms. The first-order valence-electron chi connectivity index (χ1n) is 6.91. The molecular formula is C13H24N2O2. The molecule has 0 aromatic heterocycles. The third-order valence-electron chi connectivity index (χ3n) is 3.98. The van der Waals surface area contributed by atoms with E-state index in [0.29, 0.717) is 0 Å². The summed E-state index contributed by atoms with van der Waals surface area (Å²) in [6.45, 7) is 3.72. The average molecular weight is 240 g/mol. The van der Waals surface area contributed by atoms with Crippen LogP contribution in [0.3, 0.4) is 0 Å². The zero-order valence-electron chi connectivity index (χ0n) is 10.7. The van der Waals surface area contributed by atoms with Crippen molar-refractivity contribution in [3.8, 4) is 0 Å². The second kappa shape index (κ2) is 5.83. The summed E-state index contributed by atoms with van der Waals surface area (Å²) in [5, 5.41) is 13.0. The predicted molar refractivity (Wildman–Crippen MR) is 66.7 cm³/mol. The van der Waals surface area contributed by atoms with Crippen LogP contribution in [0.15, 0.2) is 0 Å². The summed E-state index contributed by atoms with van der Waals surface area (Å²) in [7, 11) is 0. The van der Waals surface area contributed by atoms with Gasteiger partial charge in [-0.15, -0.1) is 0 Å². The number of likely N-dealkylation sites (tertiary alicyclic amines) is 1. The standard InChI is InChI=1S/C13H24N2O2/c1-10(14-11-6-5-7-12(11)16)13(17)15-8-3-2-4-9-15/h10-12,14,16H,2-9H2,1H3. The van der Waals surface area contributed by atoms with Crippen molar-refractivity contribution in [1.82, 2.24) is 10.2 Å². The molecule has 17 heavy (non-hydrogen) atoms. The largest absolute Gasteiger partial charge is 0.392 e. The van der Waals surface area contributed by atoms with Crippen molar-refractivity contribution < 1.29 is 9.90 Å². The Hall–Kier alpha value is -0.610. The van der Waals surface area contributed by atoms with Gasteiger partial charge in [-0.05, 0) is 45.4 Å². The number of piperidine rings is 1. The second-order valence-corrected chi connectivity index (χ2v) is 5.38. The molecule has 1 amide bonds. The van der Waals surface area contributed by atoms with Crippen LogP contribution < -0.4 is 5.32 Å². The maximum Gasteiger partial charge on any atom is 0.239 e. The van der Waals surface area contributed by atoms with Crippen LogP contribution in [0.1, 0.15) is 45.4 Å². The van der Waals surface area contributed by atoms with E-state index < -0.39 is 0 Å². The van der Waals surface area contributed by atoms with Gasteiger partial charge in [-0.3, -0.25) is 4.79 Å². The topological polar surface area (TPSA) is 52.6 Å². The molecule has 0 aromatic carbocycles. The summed E-state index contributed by atoms with van der Waals surface area (Å²) in [6, 6.07) is -0.0513. The summed E-state index contributed by atoms with van der Waals surface area (Å²) < 4.78 is 0. The number of aliphatic hydroxyl groups is 1. The highest BCUT2D eigenvalue weighted by Crippen LogP contribution is 2.19. The van der Waals surface area contributed by atoms with Crippen molar-refractivity contribution in [2.45, 2.75) is 63.6 Å². The summed E-state index contributed by atoms with van der Waals surface area (Å²) in [4.78, 5) is 14.1. The van der Waals surface area contributed by atoms with E-state index in [9.17, 15) is 9.90 Å². The smallest absolute Gasteiger partial charge is 0.239 e. The molecule has 1 aliphatic carbocycles. The highest BCUT2D eigenvalue weighted by Gasteiger charge is 2.29. The molecule has 2 aliphatic rings. The fraction of sp³-hybridized carbons (Fsp3) is 0.923. The molecule has 4 heteroatoms. The SMILES string of the molecule is CC(NC1CCCC1O)C(=O)N1CCCCC1. The van der Waals surface area contributed by atoms with E-state index in [1.165, 1.54) is 6.42 Å². The summed E-state index contributed by atoms with van der Waals surface area (Å²) in [5.41, 5.74) is 0. The Kier molecular flexibility index (Phi) is 4.40. The highest BCUT2D eigenvalue weighted by atomic mass is 16.3. The van der Waals surface area contributed by atoms with Crippen LogP contribution in [0.5, 0.6) is 0 Å². The minimum Gasteiger partial charge on any atom is -0.392 e. The van der Waals surface area contributed by atoms with E-state index in [0.717, 1.165) is 45.2 Å². The van der Waals surface area contributed by atoms with E-state index in [2.05, 4.69) is 5.32 Å². The second-order valence-electron chi connectivity index (χ2n) is 5.38. The molecule has 3 unspecified atom stereocenters. The Morgan fingerprint density at radius 1 is 1.24 bits per heavy atom. The molecule has 1 saturated heterocycles. The van der Waals surface area contributed by atoms with Gasteiger partial charge in [0.05, 0.1) is 12.1 Å². The molecule has 1 aliphatic heterocycles. The first-order valence-corrected chi connectivity index (χ1v) is 6.91. The Morgan fingerprint density at radius 2 is 1.94 bits per heavy atom. The number of carbonyl (C=O) groups excluding carboxylic acids is 1. The maximum atomic E-state index is 12.2. The molecule has 98 valence electrons. The summed E-state index contributed by atoms with van der Waals surface area (Å²) >= 11 is 0. The van der Waals surface area contributed by atoms with Crippen molar-refractivity contribution in [3.05, 3.63) is 0 Å². The fourth-order valence-corrected chi connectivity index (χ4v) is 2.92. The number of aliphatic hydroxyl groups excluding tert-OH is 1. The lowest BCUT2D eigenvalue weighted by molar-refractivity contribution is -0.134. The van der Waals surface area contributed by atoms with Gasteiger partial charge in [0.15, 0.2) is 0 Å². The average Bonchev–Trinajstić information content (AvgIpc) is 2.75. The third kappa shape index (κ3) is 3.19. The lowest BCUT2D eigenvalue weighted by Crippen LogP contribution is -2.51. The van der Waals surface area contributed by atoms with Gasteiger partial charge in [0, 0.05) is 19.1 Å². The molecule has 0 aromatic rings. The van der Waals surface area contributed by atoms with Crippen molar-refractivity contribution in [2.24, 2.45) is 0 Å². The molecule has 4 nitrogen and oxygen atoms in total. The molecule has 2 N–H and O–H groups in total. The fourth-order valence-electron chi connectivity index (χ4n) is 2.92. The third-order valence-corrected chi connectivity index (χ3v) is 3.98. The van der Waals surface area contributed by atoms with Crippen molar-refractivity contribution in [2.75, 3.05) is 13.1 Å². The summed E-state index contributed by atoms with van der Waals surface area (Å²) in [5.74, 6) is 0.198. The van der Waals surface area contributed by atoms with Gasteiger partial charge < -0.3 is 15.3 Å². The van der Waals surface area contributed by atoms with Gasteiger partial charge in [-0.2, -0.15) is 0 Å². The lowest BCUT2D eigenvalue weighted by atomic mass is 10.1. The van der Waals surface area contributed by atoms with Crippen LogP contribution in [0.2, 0.25) is 0 Å². The molecule has 1 saturated carbocycles. The van der Waals surface area contributed by atoms with E-state index in [1.807, 2.05) is 11.8 Å². The van der Waals surface area contributed by atoms with E-state index in [1.54, 1.807) is 0 Å². The molecule has 0 bridgehead atoms. The van der Waals surface area contributed by atoms with Crippen molar-refractivity contribution >= 4 is 5.91 Å². The number of amides is 1. The summed E-state index contributed by atoms with van der Waals surface area (Å²) in [6.07, 6.45) is 6.14. The zero-order chi connectivity index (χ0) is 12.3. The van der Waals surface area contributed by atoms with E-state index in [-0.39, 0.29) is 24.1 Å². The lowest BCUT2D eigenvalue weighted by Gasteiger charge is -2.31. The quantitative estimate of drug-likeness (QED) is 0.770. The number of carbonyl (C=O) groups is 1. The van der Waals surface area contributed by atoms with Gasteiger partial charge in [0.25, 0.3) is 0 Å². The van der Waals surface area contributed by atoms with Crippen LogP contribution >= 0.6 is 0 Å². The van der Waals surface area contributed by atoms with E-state index in [4.69, 9.17) is 0 Å². The van der Waals surface area contributed by atoms with E-state index >= 15 is 0 Å². The molecule has 2 fully saturated rings. The normalized spacial score (nSPS) is 31.5. The predicted octanol–water partition coefficient (Wildman–Crippen LogP) is 0.890. The molecular weight excluding hydrogens is 216 g/mol. The number of rotatable bonds is 3. The molecule has 1 heterocycles. The first-order chi connectivity index (χ1) is 8.18. The monoisotopic (exact) mass is 240 g/mol. The Labute approximate surface area is 103 Å². The van der Waals surface area contributed by atoms with Gasteiger partial charge in [-0.1, -0.05) is 0 Å². The first kappa shape index (κ1) is 12.8. The number of nitrogens with one attached hydrogen (secondary N) is 1. The van der Waals surface area contributed by atoms with Gasteiger partial charge in [-0.25, -0.2) is 0 Å². The zero-order valence-corrected chi connectivity index (χ0v) is 10.7. The Bertz CT molecular complexity index is 264. The number of nitrogens with zero attached hydrogens (tertiary/aromatic N) is 1. The van der Waals surface area contributed by atoms with Gasteiger partial charge >= 0.3 is 0 Å². The van der Waals surface area contributed by atoms with Gasteiger partial charge in [0.1, 0.15) is 0 Å². The van der Waals surface area contributed by atoms with Crippen LogP contribution in [0.25, 0.3) is 0 Å². The number of hydrogen-bond acceptors (Lipinski definition) is 3. The Balaban J connectivity index is 1.81. The highest BCUT2D eigenvalue weighted by molar-refractivity contribution is 5.81. The van der Waals surface area contributed by atoms with Crippen LogP contribution in [0, 0.1) is 0 Å². The Morgan fingerprint density at radius 3 is 2.53 bits per heavy atom. The van der Waals surface area contributed by atoms with Crippen LogP contribution in [-0.2, 0) is 4.79 Å². The minimum atomic E-state index is -0.272. The minimum absolute atomic E-state index is 0.110. The molecule has 2 rings (SSSR count). The molecule has 0 radical (unpaired) electrons. The molecule has 3 atom stereocenters. The van der Waals surface area contributed by atoms with Crippen LogP contribution in [0.4, 0.5) is 0 Å². The van der Waals surface area contributed by atoms with Crippen LogP contribution in [-0.4, -0.2) is 47.2 Å².